The zero-order chi connectivity index (χ0) is 18.5. The molecule has 3 rings (SSSR count). The first kappa shape index (κ1) is 17.6. The molecule has 1 atom stereocenters. The average molecular weight is 351 g/mol. The van der Waals surface area contributed by atoms with Crippen LogP contribution in [0.3, 0.4) is 0 Å². The number of methoxy groups -OCH3 is 1. The summed E-state index contributed by atoms with van der Waals surface area (Å²) in [6, 6.07) is 18.2. The van der Waals surface area contributed by atoms with Gasteiger partial charge in [0.25, 0.3) is 5.91 Å². The normalized spacial score (nSPS) is 11.8. The van der Waals surface area contributed by atoms with E-state index in [0.717, 1.165) is 10.8 Å². The molecule has 1 amide bonds. The number of amides is 1. The Morgan fingerprint density at radius 2 is 1.77 bits per heavy atom. The van der Waals surface area contributed by atoms with Gasteiger partial charge in [-0.05, 0) is 40.6 Å². The molecule has 1 unspecified atom stereocenters. The monoisotopic (exact) mass is 351 g/mol. The van der Waals surface area contributed by atoms with E-state index in [-0.39, 0.29) is 12.3 Å². The van der Waals surface area contributed by atoms with Gasteiger partial charge in [0.1, 0.15) is 5.82 Å². The van der Waals surface area contributed by atoms with Gasteiger partial charge in [0.05, 0.1) is 19.6 Å². The summed E-state index contributed by atoms with van der Waals surface area (Å²) in [7, 11) is 1.27. The van der Waals surface area contributed by atoms with Gasteiger partial charge in [-0.25, -0.2) is 4.39 Å². The summed E-state index contributed by atoms with van der Waals surface area (Å²) in [5.74, 6) is -1.26. The van der Waals surface area contributed by atoms with Gasteiger partial charge >= 0.3 is 5.97 Å². The lowest BCUT2D eigenvalue weighted by molar-refractivity contribution is -0.141. The number of hydrogen-bond donors (Lipinski definition) is 1. The largest absolute Gasteiger partial charge is 0.469 e. The van der Waals surface area contributed by atoms with Gasteiger partial charge in [-0.1, -0.05) is 42.5 Å². The third-order valence-corrected chi connectivity index (χ3v) is 4.17. The number of halogens is 1. The molecule has 0 aliphatic heterocycles. The van der Waals surface area contributed by atoms with Crippen LogP contribution in [0.15, 0.2) is 66.7 Å². The summed E-state index contributed by atoms with van der Waals surface area (Å²) < 4.78 is 18.2. The van der Waals surface area contributed by atoms with Crippen LogP contribution in [-0.4, -0.2) is 19.0 Å². The van der Waals surface area contributed by atoms with Crippen LogP contribution in [0.1, 0.15) is 28.4 Å². The molecule has 0 heterocycles. The van der Waals surface area contributed by atoms with Crippen molar-refractivity contribution in [2.45, 2.75) is 12.5 Å². The van der Waals surface area contributed by atoms with Crippen LogP contribution in [0.25, 0.3) is 10.8 Å². The number of fused-ring (bicyclic) bond motifs is 1. The second-order valence-electron chi connectivity index (χ2n) is 5.92. The lowest BCUT2D eigenvalue weighted by atomic mass is 10.0. The SMILES string of the molecule is COC(=O)CC(NC(=O)c1ccc2ccccc2c1)c1cccc(F)c1. The average Bonchev–Trinajstić information content (AvgIpc) is 2.66. The Morgan fingerprint density at radius 3 is 2.50 bits per heavy atom. The quantitative estimate of drug-likeness (QED) is 0.707. The van der Waals surface area contributed by atoms with Crippen LogP contribution in [0.5, 0.6) is 0 Å². The summed E-state index contributed by atoms with van der Waals surface area (Å²) >= 11 is 0. The number of hydrogen-bond acceptors (Lipinski definition) is 3. The Morgan fingerprint density at radius 1 is 1.00 bits per heavy atom. The van der Waals surface area contributed by atoms with E-state index in [2.05, 4.69) is 5.32 Å². The molecule has 0 aromatic heterocycles. The Bertz CT molecular complexity index is 955. The van der Waals surface area contributed by atoms with E-state index in [1.165, 1.54) is 25.3 Å². The Kier molecular flexibility index (Phi) is 5.27. The van der Waals surface area contributed by atoms with E-state index in [0.29, 0.717) is 11.1 Å². The molecule has 132 valence electrons. The molecule has 3 aromatic rings. The van der Waals surface area contributed by atoms with Gasteiger partial charge in [-0.2, -0.15) is 0 Å². The lowest BCUT2D eigenvalue weighted by Crippen LogP contribution is -2.30. The Balaban J connectivity index is 1.86. The van der Waals surface area contributed by atoms with E-state index >= 15 is 0 Å². The van der Waals surface area contributed by atoms with Gasteiger partial charge in [0.15, 0.2) is 0 Å². The minimum absolute atomic E-state index is 0.0841. The van der Waals surface area contributed by atoms with E-state index in [9.17, 15) is 14.0 Å². The lowest BCUT2D eigenvalue weighted by Gasteiger charge is -2.18. The number of carbonyl (C=O) groups excluding carboxylic acids is 2. The zero-order valence-corrected chi connectivity index (χ0v) is 14.2. The minimum atomic E-state index is -0.683. The standard InChI is InChI=1S/C21H18FNO3/c1-26-20(24)13-19(16-7-4-8-18(22)12-16)23-21(25)17-10-9-14-5-2-3-6-15(14)11-17/h2-12,19H,13H2,1H3,(H,23,25). The fourth-order valence-electron chi connectivity index (χ4n) is 2.80. The highest BCUT2D eigenvalue weighted by molar-refractivity contribution is 5.98. The van der Waals surface area contributed by atoms with Crippen molar-refractivity contribution in [1.29, 1.82) is 0 Å². The van der Waals surface area contributed by atoms with Gasteiger partial charge in [-0.15, -0.1) is 0 Å². The van der Waals surface area contributed by atoms with Crippen molar-refractivity contribution >= 4 is 22.6 Å². The van der Waals surface area contributed by atoms with Crippen molar-refractivity contribution in [3.8, 4) is 0 Å². The van der Waals surface area contributed by atoms with Crippen molar-refractivity contribution < 1.29 is 18.7 Å². The van der Waals surface area contributed by atoms with E-state index in [4.69, 9.17) is 4.74 Å². The molecular weight excluding hydrogens is 333 g/mol. The molecule has 4 nitrogen and oxygen atoms in total. The summed E-state index contributed by atoms with van der Waals surface area (Å²) in [6.07, 6.45) is -0.0841. The van der Waals surface area contributed by atoms with Crippen LogP contribution in [0.2, 0.25) is 0 Å². The predicted molar refractivity (Wildman–Crippen MR) is 97.2 cm³/mol. The van der Waals surface area contributed by atoms with Gasteiger partial charge < -0.3 is 10.1 Å². The Labute approximate surface area is 150 Å². The highest BCUT2D eigenvalue weighted by Gasteiger charge is 2.20. The highest BCUT2D eigenvalue weighted by atomic mass is 19.1. The fourth-order valence-corrected chi connectivity index (χ4v) is 2.80. The second kappa shape index (κ2) is 7.78. The van der Waals surface area contributed by atoms with Crippen LogP contribution in [0.4, 0.5) is 4.39 Å². The fraction of sp³-hybridized carbons (Fsp3) is 0.143. The maximum Gasteiger partial charge on any atom is 0.307 e. The van der Waals surface area contributed by atoms with Crippen molar-refractivity contribution in [3.63, 3.8) is 0 Å². The topological polar surface area (TPSA) is 55.4 Å². The first-order valence-electron chi connectivity index (χ1n) is 8.19. The maximum atomic E-state index is 13.6. The summed E-state index contributed by atoms with van der Waals surface area (Å²) in [5, 5.41) is 4.77. The molecule has 0 saturated carbocycles. The summed E-state index contributed by atoms with van der Waals surface area (Å²) in [5.41, 5.74) is 0.972. The van der Waals surface area contributed by atoms with Gasteiger partial charge in [-0.3, -0.25) is 9.59 Å². The number of benzene rings is 3. The van der Waals surface area contributed by atoms with Crippen LogP contribution >= 0.6 is 0 Å². The van der Waals surface area contributed by atoms with Crippen LogP contribution < -0.4 is 5.32 Å². The van der Waals surface area contributed by atoms with Crippen molar-refractivity contribution in [2.24, 2.45) is 0 Å². The molecule has 0 saturated heterocycles. The van der Waals surface area contributed by atoms with Crippen molar-refractivity contribution in [1.82, 2.24) is 5.32 Å². The van der Waals surface area contributed by atoms with E-state index in [1.807, 2.05) is 30.3 Å². The third-order valence-electron chi connectivity index (χ3n) is 4.17. The van der Waals surface area contributed by atoms with E-state index in [1.54, 1.807) is 18.2 Å². The molecule has 3 aromatic carbocycles. The summed E-state index contributed by atoms with van der Waals surface area (Å²) in [6.45, 7) is 0. The van der Waals surface area contributed by atoms with Gasteiger partial charge in [0, 0.05) is 5.56 Å². The second-order valence-corrected chi connectivity index (χ2v) is 5.92. The van der Waals surface area contributed by atoms with Crippen molar-refractivity contribution in [3.05, 3.63) is 83.7 Å². The zero-order valence-electron chi connectivity index (χ0n) is 14.2. The molecule has 0 spiro atoms. The molecule has 0 aliphatic rings. The first-order chi connectivity index (χ1) is 12.6. The van der Waals surface area contributed by atoms with Gasteiger partial charge in [0.2, 0.25) is 0 Å². The molecule has 0 aliphatic carbocycles. The first-order valence-corrected chi connectivity index (χ1v) is 8.19. The van der Waals surface area contributed by atoms with Crippen LogP contribution in [-0.2, 0) is 9.53 Å². The number of rotatable bonds is 5. The smallest absolute Gasteiger partial charge is 0.307 e. The number of carbonyl (C=O) groups is 2. The highest BCUT2D eigenvalue weighted by Crippen LogP contribution is 2.21. The number of esters is 1. The molecule has 5 heteroatoms. The molecule has 0 fully saturated rings. The number of ether oxygens (including phenoxy) is 1. The third kappa shape index (κ3) is 4.06. The minimum Gasteiger partial charge on any atom is -0.469 e. The van der Waals surface area contributed by atoms with Crippen LogP contribution in [0, 0.1) is 5.82 Å². The summed E-state index contributed by atoms with van der Waals surface area (Å²) in [4.78, 5) is 24.4. The molecular formula is C21H18FNO3. The Hall–Kier alpha value is -3.21. The maximum absolute atomic E-state index is 13.6. The molecule has 1 N–H and O–H groups in total. The number of nitrogens with one attached hydrogen (secondary N) is 1. The van der Waals surface area contributed by atoms with E-state index < -0.39 is 17.8 Å². The van der Waals surface area contributed by atoms with Crippen molar-refractivity contribution in [2.75, 3.05) is 7.11 Å². The molecule has 26 heavy (non-hydrogen) atoms. The molecule has 0 radical (unpaired) electrons. The molecule has 0 bridgehead atoms. The predicted octanol–water partition coefficient (Wildman–Crippen LogP) is 4.01.